The lowest BCUT2D eigenvalue weighted by Gasteiger charge is -2.21. The topological polar surface area (TPSA) is 9.23 Å². The van der Waals surface area contributed by atoms with Gasteiger partial charge >= 0.3 is 0 Å². The number of hydrogen-bond donors (Lipinski definition) is 0. The lowest BCUT2D eigenvalue weighted by molar-refractivity contribution is 0.304. The number of aryl methyl sites for hydroxylation is 1. The quantitative estimate of drug-likeness (QED) is 0.281. The monoisotopic (exact) mass is 440 g/mol. The minimum Gasteiger partial charge on any atom is -0.492 e. The fourth-order valence-corrected chi connectivity index (χ4v) is 4.98. The largest absolute Gasteiger partial charge is 0.492 e. The van der Waals surface area contributed by atoms with E-state index in [1.165, 1.54) is 94.6 Å². The van der Waals surface area contributed by atoms with Crippen LogP contribution in [0.2, 0.25) is 5.02 Å². The Morgan fingerprint density at radius 3 is 2.19 bits per heavy atom. The number of rotatable bonds is 13. The van der Waals surface area contributed by atoms with Crippen LogP contribution in [0.1, 0.15) is 96.0 Å². The fraction of sp³-hybridized carbons (Fsp3) is 0.586. The van der Waals surface area contributed by atoms with Crippen LogP contribution in [-0.2, 0) is 6.42 Å². The van der Waals surface area contributed by atoms with Gasteiger partial charge in [0, 0.05) is 0 Å². The molecule has 2 heteroatoms. The van der Waals surface area contributed by atoms with Gasteiger partial charge in [-0.25, -0.2) is 0 Å². The third-order valence-electron chi connectivity index (χ3n) is 6.79. The van der Waals surface area contributed by atoms with Crippen molar-refractivity contribution in [1.29, 1.82) is 0 Å². The van der Waals surface area contributed by atoms with Crippen molar-refractivity contribution in [1.82, 2.24) is 0 Å². The van der Waals surface area contributed by atoms with Gasteiger partial charge in [0.1, 0.15) is 5.75 Å². The second-order valence-corrected chi connectivity index (χ2v) is 9.76. The summed E-state index contributed by atoms with van der Waals surface area (Å²) in [5.41, 5.74) is 3.84. The molecule has 0 unspecified atom stereocenters. The van der Waals surface area contributed by atoms with Gasteiger partial charge in [-0.1, -0.05) is 119 Å². The van der Waals surface area contributed by atoms with Gasteiger partial charge in [0.05, 0.1) is 11.6 Å². The maximum absolute atomic E-state index is 6.52. The van der Waals surface area contributed by atoms with Gasteiger partial charge in [-0.15, -0.1) is 0 Å². The molecule has 0 heterocycles. The van der Waals surface area contributed by atoms with E-state index in [1.54, 1.807) is 0 Å². The Balaban J connectivity index is 1.42. The molecule has 0 aliphatic heterocycles. The Morgan fingerprint density at radius 2 is 1.48 bits per heavy atom. The average Bonchev–Trinajstić information content (AvgIpc) is 2.81. The third kappa shape index (κ3) is 8.53. The first-order chi connectivity index (χ1) is 15.3. The predicted octanol–water partition coefficient (Wildman–Crippen LogP) is 9.65. The molecule has 2 aromatic rings. The van der Waals surface area contributed by atoms with Gasteiger partial charge in [-0.2, -0.15) is 0 Å². The predicted molar refractivity (Wildman–Crippen MR) is 135 cm³/mol. The van der Waals surface area contributed by atoms with Crippen LogP contribution >= 0.6 is 11.6 Å². The Bertz CT molecular complexity index is 746. The minimum atomic E-state index is 0.710. The minimum absolute atomic E-state index is 0.710. The van der Waals surface area contributed by atoms with E-state index in [2.05, 4.69) is 37.3 Å². The first-order valence-corrected chi connectivity index (χ1v) is 13.2. The summed E-state index contributed by atoms with van der Waals surface area (Å²) in [5, 5.41) is 0.710. The van der Waals surface area contributed by atoms with Crippen LogP contribution in [0.25, 0.3) is 11.1 Å². The Labute approximate surface area is 195 Å². The molecule has 0 bridgehead atoms. The molecule has 0 atom stereocenters. The Morgan fingerprint density at radius 1 is 0.806 bits per heavy atom. The molecule has 3 rings (SSSR count). The highest BCUT2D eigenvalue weighted by Gasteiger charge is 2.13. The summed E-state index contributed by atoms with van der Waals surface area (Å²) in [7, 11) is 0. The molecule has 0 spiro atoms. The number of halogens is 1. The van der Waals surface area contributed by atoms with Gasteiger partial charge in [0.2, 0.25) is 0 Å². The van der Waals surface area contributed by atoms with Crippen molar-refractivity contribution in [3.05, 3.63) is 53.1 Å². The van der Waals surface area contributed by atoms with Gasteiger partial charge < -0.3 is 4.74 Å². The SMILES string of the molecule is CCCCCCCCCOc1ccc(-c2ccc(CCC3CCCCC3)cc2)cc1Cl. The summed E-state index contributed by atoms with van der Waals surface area (Å²) in [6, 6.07) is 15.2. The van der Waals surface area contributed by atoms with Gasteiger partial charge in [0.15, 0.2) is 0 Å². The van der Waals surface area contributed by atoms with E-state index >= 15 is 0 Å². The average molecular weight is 441 g/mol. The second kappa shape index (κ2) is 13.8. The zero-order valence-electron chi connectivity index (χ0n) is 19.5. The molecular weight excluding hydrogens is 400 g/mol. The summed E-state index contributed by atoms with van der Waals surface area (Å²) in [4.78, 5) is 0. The second-order valence-electron chi connectivity index (χ2n) is 9.35. The third-order valence-corrected chi connectivity index (χ3v) is 7.09. The molecule has 1 aliphatic rings. The standard InChI is InChI=1S/C29H41ClO/c1-2-3-4-5-6-7-11-22-31-29-21-20-27(23-28(29)30)26-18-16-25(17-19-26)15-14-24-12-9-8-10-13-24/h16-21,23-24H,2-15,22H2,1H3. The highest BCUT2D eigenvalue weighted by atomic mass is 35.5. The first kappa shape index (κ1) is 24.2. The van der Waals surface area contributed by atoms with Crippen molar-refractivity contribution < 1.29 is 4.74 Å². The Kier molecular flexibility index (Phi) is 10.8. The number of unbranched alkanes of at least 4 members (excludes halogenated alkanes) is 6. The fourth-order valence-electron chi connectivity index (χ4n) is 4.75. The van der Waals surface area contributed by atoms with Crippen LogP contribution in [0.5, 0.6) is 5.75 Å². The van der Waals surface area contributed by atoms with Crippen LogP contribution < -0.4 is 4.74 Å². The van der Waals surface area contributed by atoms with Gasteiger partial charge in [-0.3, -0.25) is 0 Å². The molecule has 0 amide bonds. The van der Waals surface area contributed by atoms with E-state index in [9.17, 15) is 0 Å². The Hall–Kier alpha value is -1.47. The summed E-state index contributed by atoms with van der Waals surface area (Å²) >= 11 is 6.52. The zero-order valence-corrected chi connectivity index (χ0v) is 20.3. The van der Waals surface area contributed by atoms with E-state index in [0.717, 1.165) is 30.3 Å². The van der Waals surface area contributed by atoms with Crippen molar-refractivity contribution in [2.75, 3.05) is 6.61 Å². The molecule has 31 heavy (non-hydrogen) atoms. The van der Waals surface area contributed by atoms with E-state index in [-0.39, 0.29) is 0 Å². The van der Waals surface area contributed by atoms with Crippen molar-refractivity contribution in [3.63, 3.8) is 0 Å². The van der Waals surface area contributed by atoms with E-state index in [4.69, 9.17) is 16.3 Å². The normalized spacial score (nSPS) is 14.6. The van der Waals surface area contributed by atoms with Crippen LogP contribution in [0.15, 0.2) is 42.5 Å². The van der Waals surface area contributed by atoms with Crippen molar-refractivity contribution in [3.8, 4) is 16.9 Å². The van der Waals surface area contributed by atoms with Crippen LogP contribution in [0.3, 0.4) is 0 Å². The first-order valence-electron chi connectivity index (χ1n) is 12.8. The summed E-state index contributed by atoms with van der Waals surface area (Å²) in [6.07, 6.45) is 18.8. The molecule has 1 aliphatic carbocycles. The van der Waals surface area contributed by atoms with E-state index < -0.39 is 0 Å². The number of hydrogen-bond acceptors (Lipinski definition) is 1. The summed E-state index contributed by atoms with van der Waals surface area (Å²) in [5.74, 6) is 1.75. The zero-order chi connectivity index (χ0) is 21.7. The molecular formula is C29H41ClO. The van der Waals surface area contributed by atoms with Crippen LogP contribution in [-0.4, -0.2) is 6.61 Å². The highest BCUT2D eigenvalue weighted by molar-refractivity contribution is 6.32. The molecule has 1 fully saturated rings. The summed E-state index contributed by atoms with van der Waals surface area (Å²) < 4.78 is 5.93. The summed E-state index contributed by atoms with van der Waals surface area (Å²) in [6.45, 7) is 3.01. The molecule has 1 nitrogen and oxygen atoms in total. The molecule has 0 saturated heterocycles. The number of ether oxygens (including phenoxy) is 1. The molecule has 2 aromatic carbocycles. The lowest BCUT2D eigenvalue weighted by Crippen LogP contribution is -2.07. The maximum atomic E-state index is 6.52. The van der Waals surface area contributed by atoms with Gasteiger partial charge in [-0.05, 0) is 54.0 Å². The van der Waals surface area contributed by atoms with Crippen molar-refractivity contribution in [2.24, 2.45) is 5.92 Å². The molecule has 0 aromatic heterocycles. The van der Waals surface area contributed by atoms with Gasteiger partial charge in [0.25, 0.3) is 0 Å². The lowest BCUT2D eigenvalue weighted by atomic mass is 9.85. The molecule has 1 saturated carbocycles. The van der Waals surface area contributed by atoms with Crippen molar-refractivity contribution in [2.45, 2.75) is 96.8 Å². The van der Waals surface area contributed by atoms with Crippen LogP contribution in [0.4, 0.5) is 0 Å². The molecule has 0 N–H and O–H groups in total. The molecule has 170 valence electrons. The van der Waals surface area contributed by atoms with E-state index in [1.807, 2.05) is 12.1 Å². The van der Waals surface area contributed by atoms with E-state index in [0.29, 0.717) is 5.02 Å². The highest BCUT2D eigenvalue weighted by Crippen LogP contribution is 2.31. The maximum Gasteiger partial charge on any atom is 0.137 e. The molecule has 0 radical (unpaired) electrons. The van der Waals surface area contributed by atoms with Crippen LogP contribution in [0, 0.1) is 5.92 Å². The number of benzene rings is 2. The van der Waals surface area contributed by atoms with Crippen molar-refractivity contribution >= 4 is 11.6 Å². The smallest absolute Gasteiger partial charge is 0.137 e.